The second-order valence-electron chi connectivity index (χ2n) is 9.32. The minimum Gasteiger partial charge on any atom is -0.394 e. The first-order chi connectivity index (χ1) is 17.9. The molecular weight excluding hydrogens is 522 g/mol. The average molecular weight is 560 g/mol. The lowest BCUT2D eigenvalue weighted by molar-refractivity contribution is -0.363. The van der Waals surface area contributed by atoms with Crippen LogP contribution in [0.15, 0.2) is 0 Å². The maximum absolute atomic E-state index is 11.8. The summed E-state index contributed by atoms with van der Waals surface area (Å²) in [6, 6.07) is -1.28. The molecule has 0 aromatic rings. The number of methoxy groups -OCH3 is 1. The van der Waals surface area contributed by atoms with E-state index in [4.69, 9.17) is 28.4 Å². The minimum atomic E-state index is -1.85. The fraction of sp³-hybridized carbons (Fsp3) is 0.952. The van der Waals surface area contributed by atoms with Gasteiger partial charge in [0.25, 0.3) is 0 Å². The molecule has 0 aromatic carbocycles. The predicted molar refractivity (Wildman–Crippen MR) is 118 cm³/mol. The van der Waals surface area contributed by atoms with Crippen LogP contribution >= 0.6 is 0 Å². The summed E-state index contributed by atoms with van der Waals surface area (Å²) in [6.07, 6.45) is -21.7. The molecule has 0 radical (unpaired) electrons. The van der Waals surface area contributed by atoms with Gasteiger partial charge in [0, 0.05) is 14.0 Å². The smallest absolute Gasteiger partial charge is 0.217 e. The van der Waals surface area contributed by atoms with E-state index in [0.717, 1.165) is 0 Å². The quantitative estimate of drug-likeness (QED) is 0.126. The van der Waals surface area contributed by atoms with Gasteiger partial charge in [-0.15, -0.1) is 0 Å². The number of carbonyl (C=O) groups excluding carboxylic acids is 1. The van der Waals surface area contributed by atoms with Crippen molar-refractivity contribution >= 4 is 5.91 Å². The molecule has 17 nitrogen and oxygen atoms in total. The first-order valence-corrected chi connectivity index (χ1v) is 12.0. The van der Waals surface area contributed by atoms with Gasteiger partial charge in [0.2, 0.25) is 5.91 Å². The lowest BCUT2D eigenvalue weighted by Crippen LogP contribution is -2.68. The van der Waals surface area contributed by atoms with Crippen LogP contribution in [0.25, 0.3) is 0 Å². The van der Waals surface area contributed by atoms with Crippen molar-refractivity contribution < 1.29 is 79.2 Å². The van der Waals surface area contributed by atoms with Crippen LogP contribution in [0.5, 0.6) is 0 Å². The van der Waals surface area contributed by atoms with Crippen molar-refractivity contribution in [1.29, 1.82) is 0 Å². The Kier molecular flexibility index (Phi) is 11.1. The summed E-state index contributed by atoms with van der Waals surface area (Å²) in [4.78, 5) is 11.8. The number of hydrogen-bond donors (Lipinski definition) is 10. The van der Waals surface area contributed by atoms with Crippen molar-refractivity contribution in [2.24, 2.45) is 0 Å². The number of aliphatic hydroxyl groups excluding tert-OH is 9. The molecule has 38 heavy (non-hydrogen) atoms. The first-order valence-electron chi connectivity index (χ1n) is 12.0. The van der Waals surface area contributed by atoms with Crippen molar-refractivity contribution in [3.8, 4) is 0 Å². The molecule has 3 heterocycles. The molecule has 10 N–H and O–H groups in total. The van der Waals surface area contributed by atoms with Crippen molar-refractivity contribution in [2.45, 2.75) is 99.0 Å². The van der Waals surface area contributed by atoms with Gasteiger partial charge in [-0.1, -0.05) is 0 Å². The van der Waals surface area contributed by atoms with Gasteiger partial charge in [-0.05, 0) is 0 Å². The fourth-order valence-corrected chi connectivity index (χ4v) is 4.61. The third-order valence-corrected chi connectivity index (χ3v) is 6.72. The number of amides is 1. The largest absolute Gasteiger partial charge is 0.394 e. The van der Waals surface area contributed by atoms with Gasteiger partial charge in [0.05, 0.1) is 19.8 Å². The second-order valence-corrected chi connectivity index (χ2v) is 9.32. The molecule has 0 spiro atoms. The number of rotatable bonds is 9. The fourth-order valence-electron chi connectivity index (χ4n) is 4.61. The summed E-state index contributed by atoms with van der Waals surface area (Å²) in [5, 5.41) is 93.2. The lowest BCUT2D eigenvalue weighted by Gasteiger charge is -2.48. The summed E-state index contributed by atoms with van der Waals surface area (Å²) in [6.45, 7) is -0.790. The van der Waals surface area contributed by atoms with E-state index < -0.39 is 118 Å². The van der Waals surface area contributed by atoms with E-state index in [9.17, 15) is 50.8 Å². The Morgan fingerprint density at radius 3 is 1.92 bits per heavy atom. The van der Waals surface area contributed by atoms with E-state index in [1.54, 1.807) is 0 Å². The SMILES string of the molecule is CO[C@H]1[C@H](O)[C@@H](NC(C)=O)[C@H](O[C@@H]2[C@@H](OC[C@H]3OC(O)[C@H](O)[C@@H](O)[C@@H]3O)O[C@H](CO)[C@@H](O)[C@@H]2O)O[C@@H]1CO. The van der Waals surface area contributed by atoms with Crippen LogP contribution in [0.3, 0.4) is 0 Å². The maximum Gasteiger partial charge on any atom is 0.217 e. The Morgan fingerprint density at radius 2 is 1.34 bits per heavy atom. The zero-order valence-corrected chi connectivity index (χ0v) is 20.7. The first kappa shape index (κ1) is 31.4. The van der Waals surface area contributed by atoms with Crippen molar-refractivity contribution in [2.75, 3.05) is 26.9 Å². The Hall–Kier alpha value is -1.13. The van der Waals surface area contributed by atoms with Crippen LogP contribution in [0.4, 0.5) is 0 Å². The third-order valence-electron chi connectivity index (χ3n) is 6.72. The van der Waals surface area contributed by atoms with Gasteiger partial charge in [-0.3, -0.25) is 4.79 Å². The Bertz CT molecular complexity index is 763. The predicted octanol–water partition coefficient (Wildman–Crippen LogP) is -6.78. The van der Waals surface area contributed by atoms with Gasteiger partial charge in [-0.2, -0.15) is 0 Å². The van der Waals surface area contributed by atoms with Crippen LogP contribution in [0, 0.1) is 0 Å². The molecular formula is C21H37NO16. The van der Waals surface area contributed by atoms with Gasteiger partial charge in [0.1, 0.15) is 73.2 Å². The van der Waals surface area contributed by atoms with E-state index in [2.05, 4.69) is 5.32 Å². The molecule has 0 aliphatic carbocycles. The topological polar surface area (TPSA) is 267 Å². The molecule has 0 bridgehead atoms. The number of carbonyl (C=O) groups is 1. The summed E-state index contributed by atoms with van der Waals surface area (Å²) in [7, 11) is 1.26. The molecule has 0 saturated carbocycles. The highest BCUT2D eigenvalue weighted by Gasteiger charge is 2.52. The molecule has 1 amide bonds. The summed E-state index contributed by atoms with van der Waals surface area (Å²) < 4.78 is 32.8. The normalized spacial score (nSPS) is 48.0. The van der Waals surface area contributed by atoms with Gasteiger partial charge >= 0.3 is 0 Å². The van der Waals surface area contributed by atoms with Crippen molar-refractivity contribution in [3.63, 3.8) is 0 Å². The lowest BCUT2D eigenvalue weighted by atomic mass is 9.95. The Balaban J connectivity index is 1.81. The summed E-state index contributed by atoms with van der Waals surface area (Å²) >= 11 is 0. The van der Waals surface area contributed by atoms with Gasteiger partial charge < -0.3 is 79.7 Å². The number of aliphatic hydroxyl groups is 9. The Morgan fingerprint density at radius 1 is 0.737 bits per heavy atom. The Labute approximate surface area is 217 Å². The van der Waals surface area contributed by atoms with E-state index in [1.807, 2.05) is 0 Å². The zero-order chi connectivity index (χ0) is 28.3. The van der Waals surface area contributed by atoms with Crippen LogP contribution in [-0.4, -0.2) is 171 Å². The summed E-state index contributed by atoms with van der Waals surface area (Å²) in [5.41, 5.74) is 0. The van der Waals surface area contributed by atoms with Crippen LogP contribution in [0.1, 0.15) is 6.92 Å². The highest BCUT2D eigenvalue weighted by molar-refractivity contribution is 5.73. The molecule has 3 aliphatic rings. The highest BCUT2D eigenvalue weighted by atomic mass is 16.8. The molecule has 3 rings (SSSR count). The van der Waals surface area contributed by atoms with E-state index in [0.29, 0.717) is 0 Å². The zero-order valence-electron chi connectivity index (χ0n) is 20.7. The number of nitrogens with one attached hydrogen (secondary N) is 1. The highest BCUT2D eigenvalue weighted by Crippen LogP contribution is 2.31. The van der Waals surface area contributed by atoms with Crippen molar-refractivity contribution in [1.82, 2.24) is 5.32 Å². The molecule has 17 heteroatoms. The van der Waals surface area contributed by atoms with Gasteiger partial charge in [0.15, 0.2) is 18.9 Å². The third kappa shape index (κ3) is 6.60. The van der Waals surface area contributed by atoms with Crippen LogP contribution in [-0.2, 0) is 33.2 Å². The molecule has 0 aromatic heterocycles. The van der Waals surface area contributed by atoms with Gasteiger partial charge in [-0.25, -0.2) is 0 Å². The van der Waals surface area contributed by atoms with Crippen molar-refractivity contribution in [3.05, 3.63) is 0 Å². The second kappa shape index (κ2) is 13.5. The average Bonchev–Trinajstić information content (AvgIpc) is 2.89. The standard InChI is InChI=1S/C21H37NO16/c1-6(25)22-10-13(28)17(33-2)8(4-24)37-20(10)38-18-15(30)11(26)7(3-23)36-21(18)34-5-9-12(27)14(29)16(31)19(32)35-9/h7-21,23-24,26-32H,3-5H2,1-2H3,(H,22,25)/t7-,8-,9-,10-,11-,12-,13-,14+,15+,16-,17-,18+,19?,20+,21+/m1/s1. The van der Waals surface area contributed by atoms with Crippen LogP contribution in [0.2, 0.25) is 0 Å². The molecule has 3 fully saturated rings. The molecule has 3 aliphatic heterocycles. The maximum atomic E-state index is 11.8. The molecule has 15 atom stereocenters. The number of ether oxygens (including phenoxy) is 6. The monoisotopic (exact) mass is 559 g/mol. The van der Waals surface area contributed by atoms with E-state index in [1.165, 1.54) is 14.0 Å². The van der Waals surface area contributed by atoms with E-state index in [-0.39, 0.29) is 0 Å². The summed E-state index contributed by atoms with van der Waals surface area (Å²) in [5.74, 6) is -0.583. The van der Waals surface area contributed by atoms with E-state index >= 15 is 0 Å². The van der Waals surface area contributed by atoms with Crippen LogP contribution < -0.4 is 5.32 Å². The number of hydrogen-bond acceptors (Lipinski definition) is 16. The molecule has 222 valence electrons. The molecule has 3 saturated heterocycles. The molecule has 1 unspecified atom stereocenters. The minimum absolute atomic E-state index is 0.583.